The van der Waals surface area contributed by atoms with Gasteiger partial charge in [-0.25, -0.2) is 0 Å². The minimum atomic E-state index is -0.195. The molecule has 0 unspecified atom stereocenters. The SMILES string of the molecule is COC(=O)Cc1c(C)c2c3c(c1-c1ccc(C)cc1)C=C(C)N(CCN2CC1COC1)C3. The van der Waals surface area contributed by atoms with Crippen molar-refractivity contribution in [2.24, 2.45) is 5.92 Å². The fraction of sp³-hybridized carbons (Fsp3) is 0.444. The van der Waals surface area contributed by atoms with Crippen LogP contribution in [0.3, 0.4) is 0 Å². The topological polar surface area (TPSA) is 42.0 Å². The fourth-order valence-electron chi connectivity index (χ4n) is 5.34. The molecule has 0 spiro atoms. The van der Waals surface area contributed by atoms with Crippen molar-refractivity contribution in [2.45, 2.75) is 33.7 Å². The van der Waals surface area contributed by atoms with Gasteiger partial charge in [-0.1, -0.05) is 29.8 Å². The Morgan fingerprint density at radius 1 is 1.12 bits per heavy atom. The van der Waals surface area contributed by atoms with Crippen LogP contribution in [-0.4, -0.2) is 50.8 Å². The monoisotopic (exact) mass is 432 g/mol. The highest BCUT2D eigenvalue weighted by molar-refractivity contribution is 5.90. The first-order chi connectivity index (χ1) is 15.5. The molecule has 3 aliphatic heterocycles. The summed E-state index contributed by atoms with van der Waals surface area (Å²) in [6.45, 7) is 12.1. The zero-order valence-corrected chi connectivity index (χ0v) is 19.5. The highest BCUT2D eigenvalue weighted by Crippen LogP contribution is 2.45. The number of allylic oxidation sites excluding steroid dienone is 1. The van der Waals surface area contributed by atoms with Gasteiger partial charge in [0.05, 0.1) is 26.7 Å². The zero-order valence-electron chi connectivity index (χ0n) is 19.5. The Labute approximate surface area is 190 Å². The molecule has 2 aromatic rings. The Balaban J connectivity index is 1.76. The molecule has 0 aliphatic carbocycles. The molecule has 32 heavy (non-hydrogen) atoms. The number of ether oxygens (including phenoxy) is 2. The molecule has 3 aliphatic rings. The minimum absolute atomic E-state index is 0.195. The van der Waals surface area contributed by atoms with Crippen LogP contribution in [0.15, 0.2) is 30.0 Å². The minimum Gasteiger partial charge on any atom is -0.469 e. The van der Waals surface area contributed by atoms with E-state index in [2.05, 4.69) is 60.9 Å². The predicted molar refractivity (Wildman–Crippen MR) is 128 cm³/mol. The second kappa shape index (κ2) is 8.28. The number of benzene rings is 2. The fourth-order valence-corrected chi connectivity index (χ4v) is 5.34. The average Bonchev–Trinajstić information content (AvgIpc) is 2.92. The zero-order chi connectivity index (χ0) is 22.4. The van der Waals surface area contributed by atoms with Crippen LogP contribution < -0.4 is 4.90 Å². The first-order valence-corrected chi connectivity index (χ1v) is 11.5. The van der Waals surface area contributed by atoms with Crippen molar-refractivity contribution in [3.05, 3.63) is 57.8 Å². The van der Waals surface area contributed by atoms with Crippen molar-refractivity contribution in [1.82, 2.24) is 4.90 Å². The van der Waals surface area contributed by atoms with E-state index in [9.17, 15) is 4.79 Å². The van der Waals surface area contributed by atoms with Gasteiger partial charge in [0, 0.05) is 49.0 Å². The highest BCUT2D eigenvalue weighted by Gasteiger charge is 2.33. The predicted octanol–water partition coefficient (Wildman–Crippen LogP) is 4.33. The number of carbonyl (C=O) groups excluding carboxylic acids is 1. The van der Waals surface area contributed by atoms with E-state index < -0.39 is 0 Å². The number of hydrogen-bond donors (Lipinski definition) is 0. The summed E-state index contributed by atoms with van der Waals surface area (Å²) in [6.07, 6.45) is 2.61. The van der Waals surface area contributed by atoms with Gasteiger partial charge in [-0.3, -0.25) is 4.79 Å². The second-order valence-corrected chi connectivity index (χ2v) is 9.40. The molecule has 0 atom stereocenters. The number of nitrogens with zero attached hydrogens (tertiary/aromatic N) is 2. The van der Waals surface area contributed by atoms with E-state index in [0.717, 1.165) is 50.5 Å². The molecule has 2 aromatic carbocycles. The van der Waals surface area contributed by atoms with Crippen LogP contribution in [0.2, 0.25) is 0 Å². The van der Waals surface area contributed by atoms with Gasteiger partial charge in [-0.15, -0.1) is 0 Å². The maximum absolute atomic E-state index is 12.5. The molecule has 5 rings (SSSR count). The Kier molecular flexibility index (Phi) is 5.46. The molecule has 0 N–H and O–H groups in total. The van der Waals surface area contributed by atoms with Gasteiger partial charge in [0.25, 0.3) is 0 Å². The molecule has 3 heterocycles. The normalized spacial score (nSPS) is 17.6. The van der Waals surface area contributed by atoms with Crippen LogP contribution in [0.4, 0.5) is 5.69 Å². The van der Waals surface area contributed by atoms with Crippen molar-refractivity contribution in [2.75, 3.05) is 44.9 Å². The average molecular weight is 433 g/mol. The summed E-state index contributed by atoms with van der Waals surface area (Å²) < 4.78 is 10.6. The van der Waals surface area contributed by atoms with Gasteiger partial charge in [-0.2, -0.15) is 0 Å². The molecule has 0 radical (unpaired) electrons. The second-order valence-electron chi connectivity index (χ2n) is 9.40. The summed E-state index contributed by atoms with van der Waals surface area (Å²) >= 11 is 0. The lowest BCUT2D eigenvalue weighted by molar-refractivity contribution is -0.139. The number of carbonyl (C=O) groups is 1. The maximum atomic E-state index is 12.5. The summed E-state index contributed by atoms with van der Waals surface area (Å²) in [5.41, 5.74) is 11.1. The van der Waals surface area contributed by atoms with Crippen molar-refractivity contribution in [1.29, 1.82) is 0 Å². The third-order valence-electron chi connectivity index (χ3n) is 7.22. The number of rotatable bonds is 5. The van der Waals surface area contributed by atoms with Crippen LogP contribution in [0, 0.1) is 19.8 Å². The van der Waals surface area contributed by atoms with E-state index in [1.807, 2.05) is 0 Å². The Morgan fingerprint density at radius 2 is 1.88 bits per heavy atom. The molecule has 1 fully saturated rings. The van der Waals surface area contributed by atoms with Gasteiger partial charge in [0.1, 0.15) is 0 Å². The van der Waals surface area contributed by atoms with E-state index in [4.69, 9.17) is 9.47 Å². The summed E-state index contributed by atoms with van der Waals surface area (Å²) in [5, 5.41) is 0. The summed E-state index contributed by atoms with van der Waals surface area (Å²) in [6, 6.07) is 8.67. The number of aryl methyl sites for hydroxylation is 1. The summed E-state index contributed by atoms with van der Waals surface area (Å²) in [5.74, 6) is 0.382. The van der Waals surface area contributed by atoms with E-state index >= 15 is 0 Å². The van der Waals surface area contributed by atoms with Crippen LogP contribution in [-0.2, 0) is 27.2 Å². The molecule has 168 valence electrons. The molecule has 0 saturated carbocycles. The van der Waals surface area contributed by atoms with Gasteiger partial charge < -0.3 is 19.3 Å². The third kappa shape index (κ3) is 3.58. The van der Waals surface area contributed by atoms with Crippen LogP contribution >= 0.6 is 0 Å². The van der Waals surface area contributed by atoms with Gasteiger partial charge in [0.15, 0.2) is 0 Å². The Hall–Kier alpha value is -2.79. The summed E-state index contributed by atoms with van der Waals surface area (Å²) in [7, 11) is 1.47. The molecule has 2 bridgehead atoms. The quantitative estimate of drug-likeness (QED) is 0.658. The smallest absolute Gasteiger partial charge is 0.310 e. The molecule has 5 heteroatoms. The van der Waals surface area contributed by atoms with Crippen LogP contribution in [0.25, 0.3) is 17.2 Å². The number of hydrogen-bond acceptors (Lipinski definition) is 5. The van der Waals surface area contributed by atoms with E-state index in [1.54, 1.807) is 0 Å². The van der Waals surface area contributed by atoms with Crippen LogP contribution in [0.1, 0.15) is 34.7 Å². The maximum Gasteiger partial charge on any atom is 0.310 e. The number of anilines is 1. The molecule has 5 nitrogen and oxygen atoms in total. The van der Waals surface area contributed by atoms with E-state index in [-0.39, 0.29) is 12.4 Å². The lowest BCUT2D eigenvalue weighted by Gasteiger charge is -2.36. The molecular formula is C27H32N2O3. The lowest BCUT2D eigenvalue weighted by Crippen LogP contribution is -2.41. The van der Waals surface area contributed by atoms with E-state index in [0.29, 0.717) is 5.92 Å². The van der Waals surface area contributed by atoms with Gasteiger partial charge in [-0.05, 0) is 54.7 Å². The van der Waals surface area contributed by atoms with Gasteiger partial charge >= 0.3 is 5.97 Å². The summed E-state index contributed by atoms with van der Waals surface area (Å²) in [4.78, 5) is 17.6. The lowest BCUT2D eigenvalue weighted by atomic mass is 9.83. The van der Waals surface area contributed by atoms with Crippen molar-refractivity contribution in [3.8, 4) is 11.1 Å². The number of fused-ring (bicyclic) bond motifs is 1. The molecule has 0 aromatic heterocycles. The van der Waals surface area contributed by atoms with Crippen molar-refractivity contribution >= 4 is 17.7 Å². The van der Waals surface area contributed by atoms with Crippen molar-refractivity contribution in [3.63, 3.8) is 0 Å². The molecule has 0 amide bonds. The highest BCUT2D eigenvalue weighted by atomic mass is 16.5. The van der Waals surface area contributed by atoms with E-state index in [1.165, 1.54) is 46.3 Å². The third-order valence-corrected chi connectivity index (χ3v) is 7.22. The van der Waals surface area contributed by atoms with Crippen molar-refractivity contribution < 1.29 is 14.3 Å². The molecular weight excluding hydrogens is 400 g/mol. The first-order valence-electron chi connectivity index (χ1n) is 11.5. The molecule has 1 saturated heterocycles. The Morgan fingerprint density at radius 3 is 2.53 bits per heavy atom. The standard InChI is InChI=1S/C27H32N2O3/c1-17-5-7-21(8-6-17)26-22(12-25(30)31-4)19(3)27-24-14-28(18(2)11-23(24)26)9-10-29(27)13-20-15-32-16-20/h5-8,11,20H,9-10,12-16H2,1-4H3. The number of esters is 1. The van der Waals surface area contributed by atoms with Gasteiger partial charge in [0.2, 0.25) is 0 Å². The van der Waals surface area contributed by atoms with Crippen LogP contribution in [0.5, 0.6) is 0 Å². The largest absolute Gasteiger partial charge is 0.469 e. The Bertz CT molecular complexity index is 1080. The first kappa shape index (κ1) is 21.1. The number of methoxy groups -OCH3 is 1.